The van der Waals surface area contributed by atoms with Crippen LogP contribution in [0.15, 0.2) is 59.8 Å². The molecular weight excluding hydrogens is 422 g/mol. The molecule has 1 amide bonds. The number of carbonyl (C=O) groups excluding carboxylic acids is 1. The van der Waals surface area contributed by atoms with E-state index in [-0.39, 0.29) is 17.7 Å². The Kier molecular flexibility index (Phi) is 8.70. The van der Waals surface area contributed by atoms with Crippen LogP contribution in [0, 0.1) is 0 Å². The largest absolute Gasteiger partial charge is 0.492 e. The van der Waals surface area contributed by atoms with Crippen LogP contribution in [0.4, 0.5) is 5.69 Å². The zero-order valence-electron chi connectivity index (χ0n) is 19.1. The van der Waals surface area contributed by atoms with Crippen LogP contribution in [-0.4, -0.2) is 52.0 Å². The normalized spacial score (nSPS) is 12.0. The number of amides is 1. The zero-order valence-corrected chi connectivity index (χ0v) is 19.9. The quantitative estimate of drug-likeness (QED) is 0.432. The maximum atomic E-state index is 12.7. The van der Waals surface area contributed by atoms with Gasteiger partial charge in [-0.25, -0.2) is 0 Å². The van der Waals surface area contributed by atoms with Gasteiger partial charge in [-0.1, -0.05) is 61.2 Å². The molecule has 0 saturated carbocycles. The number of thioether (sulfide) groups is 1. The van der Waals surface area contributed by atoms with E-state index in [1.54, 1.807) is 0 Å². The van der Waals surface area contributed by atoms with Gasteiger partial charge in [0.15, 0.2) is 11.0 Å². The van der Waals surface area contributed by atoms with Gasteiger partial charge in [-0.2, -0.15) is 0 Å². The van der Waals surface area contributed by atoms with Gasteiger partial charge in [-0.05, 0) is 45.1 Å². The van der Waals surface area contributed by atoms with E-state index in [9.17, 15) is 4.79 Å². The number of ether oxygens (including phenoxy) is 1. The fourth-order valence-electron chi connectivity index (χ4n) is 3.51. The Morgan fingerprint density at radius 3 is 2.50 bits per heavy atom. The lowest BCUT2D eigenvalue weighted by atomic mass is 10.2. The molecule has 3 aromatic rings. The van der Waals surface area contributed by atoms with Crippen molar-refractivity contribution in [3.05, 3.63) is 66.0 Å². The molecule has 1 N–H and O–H groups in total. The number of nitrogens with zero attached hydrogens (tertiary/aromatic N) is 4. The molecule has 0 aliphatic carbocycles. The van der Waals surface area contributed by atoms with Crippen molar-refractivity contribution in [2.24, 2.45) is 0 Å². The summed E-state index contributed by atoms with van der Waals surface area (Å²) in [6, 6.07) is 17.8. The molecule has 0 radical (unpaired) electrons. The van der Waals surface area contributed by atoms with Crippen LogP contribution >= 0.6 is 11.8 Å². The molecule has 0 saturated heterocycles. The van der Waals surface area contributed by atoms with Crippen molar-refractivity contribution >= 4 is 23.4 Å². The van der Waals surface area contributed by atoms with Crippen molar-refractivity contribution in [1.29, 1.82) is 0 Å². The number of para-hydroxylation sites is 2. The lowest BCUT2D eigenvalue weighted by Crippen LogP contribution is -2.23. The lowest BCUT2D eigenvalue weighted by molar-refractivity contribution is -0.113. The summed E-state index contributed by atoms with van der Waals surface area (Å²) in [6.45, 7) is 5.26. The van der Waals surface area contributed by atoms with Crippen molar-refractivity contribution < 1.29 is 9.53 Å². The maximum Gasteiger partial charge on any atom is 0.234 e. The SMILES string of the molecule is CCOc1ccccc1NC(=O)CSc1nnc([C@H](CC)N(C)C)n1Cc1ccccc1. The molecule has 32 heavy (non-hydrogen) atoms. The van der Waals surface area contributed by atoms with Crippen molar-refractivity contribution in [1.82, 2.24) is 19.7 Å². The summed E-state index contributed by atoms with van der Waals surface area (Å²) in [5.74, 6) is 1.69. The molecule has 1 atom stereocenters. The minimum atomic E-state index is -0.113. The highest BCUT2D eigenvalue weighted by atomic mass is 32.2. The number of hydrogen-bond donors (Lipinski definition) is 1. The van der Waals surface area contributed by atoms with E-state index in [0.717, 1.165) is 17.4 Å². The van der Waals surface area contributed by atoms with Gasteiger partial charge in [0.25, 0.3) is 0 Å². The van der Waals surface area contributed by atoms with Gasteiger partial charge in [-0.3, -0.25) is 9.69 Å². The van der Waals surface area contributed by atoms with Crippen LogP contribution < -0.4 is 10.1 Å². The third kappa shape index (κ3) is 6.11. The number of rotatable bonds is 11. The minimum absolute atomic E-state index is 0.113. The van der Waals surface area contributed by atoms with Crippen LogP contribution in [-0.2, 0) is 11.3 Å². The molecule has 7 nitrogen and oxygen atoms in total. The second-order valence-corrected chi connectivity index (χ2v) is 8.51. The van der Waals surface area contributed by atoms with Crippen LogP contribution in [0.5, 0.6) is 5.75 Å². The first-order chi connectivity index (χ1) is 15.5. The second kappa shape index (κ2) is 11.7. The van der Waals surface area contributed by atoms with E-state index < -0.39 is 0 Å². The average Bonchev–Trinajstić information content (AvgIpc) is 3.17. The first-order valence-corrected chi connectivity index (χ1v) is 11.8. The van der Waals surface area contributed by atoms with Gasteiger partial charge in [0.05, 0.1) is 30.6 Å². The van der Waals surface area contributed by atoms with Gasteiger partial charge >= 0.3 is 0 Å². The van der Waals surface area contributed by atoms with Crippen LogP contribution in [0.25, 0.3) is 0 Å². The molecule has 3 rings (SSSR count). The van der Waals surface area contributed by atoms with E-state index in [4.69, 9.17) is 4.74 Å². The van der Waals surface area contributed by atoms with Crippen molar-refractivity contribution in [2.75, 3.05) is 31.8 Å². The molecule has 0 unspecified atom stereocenters. The smallest absolute Gasteiger partial charge is 0.234 e. The molecular formula is C24H31N5O2S. The summed E-state index contributed by atoms with van der Waals surface area (Å²) in [7, 11) is 4.09. The van der Waals surface area contributed by atoms with Gasteiger partial charge < -0.3 is 14.6 Å². The zero-order chi connectivity index (χ0) is 22.9. The predicted octanol–water partition coefficient (Wildman–Crippen LogP) is 4.47. The second-order valence-electron chi connectivity index (χ2n) is 7.57. The van der Waals surface area contributed by atoms with Gasteiger partial charge in [-0.15, -0.1) is 10.2 Å². The minimum Gasteiger partial charge on any atom is -0.492 e. The van der Waals surface area contributed by atoms with E-state index in [0.29, 0.717) is 24.6 Å². The Morgan fingerprint density at radius 1 is 1.09 bits per heavy atom. The molecule has 0 aliphatic rings. The fourth-order valence-corrected chi connectivity index (χ4v) is 4.26. The van der Waals surface area contributed by atoms with E-state index in [2.05, 4.69) is 44.0 Å². The summed E-state index contributed by atoms with van der Waals surface area (Å²) in [6.07, 6.45) is 0.916. The molecule has 170 valence electrons. The van der Waals surface area contributed by atoms with Gasteiger partial charge in [0.2, 0.25) is 5.91 Å². The van der Waals surface area contributed by atoms with Gasteiger partial charge in [0, 0.05) is 0 Å². The van der Waals surface area contributed by atoms with Crippen LogP contribution in [0.3, 0.4) is 0 Å². The molecule has 1 heterocycles. The number of hydrogen-bond acceptors (Lipinski definition) is 6. The summed E-state index contributed by atoms with van der Waals surface area (Å²) in [5, 5.41) is 12.6. The molecule has 0 spiro atoms. The Bertz CT molecular complexity index is 1010. The Labute approximate surface area is 194 Å². The maximum absolute atomic E-state index is 12.7. The van der Waals surface area contributed by atoms with Crippen LogP contribution in [0.1, 0.15) is 37.7 Å². The summed E-state index contributed by atoms with van der Waals surface area (Å²) in [4.78, 5) is 14.8. The van der Waals surface area contributed by atoms with E-state index in [1.165, 1.54) is 17.3 Å². The molecule has 0 bridgehead atoms. The van der Waals surface area contributed by atoms with Crippen molar-refractivity contribution in [2.45, 2.75) is 38.0 Å². The average molecular weight is 454 g/mol. The highest BCUT2D eigenvalue weighted by Crippen LogP contribution is 2.27. The number of aromatic nitrogens is 3. The number of nitrogens with one attached hydrogen (secondary N) is 1. The molecule has 8 heteroatoms. The number of carbonyl (C=O) groups is 1. The molecule has 2 aromatic carbocycles. The number of benzene rings is 2. The monoisotopic (exact) mass is 453 g/mol. The van der Waals surface area contributed by atoms with Crippen molar-refractivity contribution in [3.8, 4) is 5.75 Å². The predicted molar refractivity (Wildman–Crippen MR) is 129 cm³/mol. The third-order valence-electron chi connectivity index (χ3n) is 5.03. The molecule has 1 aromatic heterocycles. The Balaban J connectivity index is 1.77. The Morgan fingerprint density at radius 2 is 1.81 bits per heavy atom. The highest BCUT2D eigenvalue weighted by Gasteiger charge is 2.22. The fraction of sp³-hybridized carbons (Fsp3) is 0.375. The third-order valence-corrected chi connectivity index (χ3v) is 6.00. The van der Waals surface area contributed by atoms with Crippen LogP contribution in [0.2, 0.25) is 0 Å². The lowest BCUT2D eigenvalue weighted by Gasteiger charge is -2.23. The standard InChI is InChI=1S/C24H31N5O2S/c1-5-20(28(3)4)23-26-27-24(29(23)16-18-12-8-7-9-13-18)32-17-22(30)25-19-14-10-11-15-21(19)31-6-2/h7-15,20H,5-6,16-17H2,1-4H3,(H,25,30)/t20-/m0/s1. The highest BCUT2D eigenvalue weighted by molar-refractivity contribution is 7.99. The number of anilines is 1. The van der Waals surface area contributed by atoms with E-state index >= 15 is 0 Å². The topological polar surface area (TPSA) is 72.3 Å². The molecule has 0 fully saturated rings. The van der Waals surface area contributed by atoms with Crippen molar-refractivity contribution in [3.63, 3.8) is 0 Å². The summed E-state index contributed by atoms with van der Waals surface area (Å²) < 4.78 is 7.72. The molecule has 0 aliphatic heterocycles. The van der Waals surface area contributed by atoms with E-state index in [1.807, 2.05) is 63.5 Å². The first kappa shape index (κ1) is 23.8. The summed E-state index contributed by atoms with van der Waals surface area (Å²) >= 11 is 1.39. The van der Waals surface area contributed by atoms with Gasteiger partial charge in [0.1, 0.15) is 5.75 Å². The Hall–Kier alpha value is -2.84. The summed E-state index contributed by atoms with van der Waals surface area (Å²) in [5.41, 5.74) is 1.84. The first-order valence-electron chi connectivity index (χ1n) is 10.8.